The second kappa shape index (κ2) is 6.38. The highest BCUT2D eigenvalue weighted by molar-refractivity contribution is 5.80. The second-order valence-corrected chi connectivity index (χ2v) is 6.76. The molecule has 2 N–H and O–H groups in total. The summed E-state index contributed by atoms with van der Waals surface area (Å²) in [5.74, 6) is -0.454. The number of ether oxygens (including phenoxy) is 1. The normalized spacial score (nSPS) is 16.0. The number of amides is 1. The maximum Gasteiger partial charge on any atom is 0.408 e. The van der Waals surface area contributed by atoms with Crippen LogP contribution in [0.5, 0.6) is 0 Å². The predicted octanol–water partition coefficient (Wildman–Crippen LogP) is 3.08. The number of carbonyl (C=O) groups is 2. The predicted molar refractivity (Wildman–Crippen MR) is 82.9 cm³/mol. The molecule has 2 rings (SSSR count). The van der Waals surface area contributed by atoms with Gasteiger partial charge < -0.3 is 15.2 Å². The van der Waals surface area contributed by atoms with Crippen LogP contribution >= 0.6 is 0 Å². The van der Waals surface area contributed by atoms with E-state index >= 15 is 0 Å². The highest BCUT2D eigenvalue weighted by Crippen LogP contribution is 2.40. The van der Waals surface area contributed by atoms with Crippen molar-refractivity contribution in [1.82, 2.24) is 5.32 Å². The average Bonchev–Trinajstić information content (AvgIpc) is 3.20. The maximum absolute atomic E-state index is 11.8. The third-order valence-corrected chi connectivity index (χ3v) is 3.43. The number of aliphatic carboxylic acids is 1. The zero-order valence-corrected chi connectivity index (χ0v) is 13.3. The summed E-state index contributed by atoms with van der Waals surface area (Å²) in [6, 6.07) is 6.93. The molecule has 0 radical (unpaired) electrons. The monoisotopic (exact) mass is 305 g/mol. The van der Waals surface area contributed by atoms with Crippen LogP contribution in [0.2, 0.25) is 0 Å². The molecule has 1 aliphatic rings. The standard InChI is InChI=1S/C17H23NO4/c1-17(2,3)22-16(21)18-14(15(19)20)10-11-5-4-6-13(9-11)12-7-8-12/h4-6,9,12,14H,7-8,10H2,1-3H3,(H,18,21)(H,19,20). The molecule has 0 aromatic heterocycles. The molecular weight excluding hydrogens is 282 g/mol. The molecule has 1 fully saturated rings. The largest absolute Gasteiger partial charge is 0.480 e. The van der Waals surface area contributed by atoms with E-state index in [1.54, 1.807) is 20.8 Å². The lowest BCUT2D eigenvalue weighted by Gasteiger charge is -2.22. The quantitative estimate of drug-likeness (QED) is 0.876. The van der Waals surface area contributed by atoms with Crippen molar-refractivity contribution in [3.8, 4) is 0 Å². The molecule has 22 heavy (non-hydrogen) atoms. The van der Waals surface area contributed by atoms with Gasteiger partial charge in [-0.25, -0.2) is 9.59 Å². The van der Waals surface area contributed by atoms with Gasteiger partial charge in [0.25, 0.3) is 0 Å². The van der Waals surface area contributed by atoms with Crippen molar-refractivity contribution in [2.75, 3.05) is 0 Å². The van der Waals surface area contributed by atoms with Gasteiger partial charge in [-0.1, -0.05) is 24.3 Å². The minimum absolute atomic E-state index is 0.245. The van der Waals surface area contributed by atoms with Crippen molar-refractivity contribution in [3.63, 3.8) is 0 Å². The van der Waals surface area contributed by atoms with Gasteiger partial charge in [0.05, 0.1) is 0 Å². The number of rotatable bonds is 5. The van der Waals surface area contributed by atoms with E-state index in [0.717, 1.165) is 5.56 Å². The fourth-order valence-electron chi connectivity index (χ4n) is 2.28. The molecule has 1 amide bonds. The van der Waals surface area contributed by atoms with Gasteiger partial charge in [0.15, 0.2) is 0 Å². The van der Waals surface area contributed by atoms with Crippen molar-refractivity contribution in [3.05, 3.63) is 35.4 Å². The van der Waals surface area contributed by atoms with E-state index in [2.05, 4.69) is 11.4 Å². The molecule has 0 heterocycles. The van der Waals surface area contributed by atoms with E-state index < -0.39 is 23.7 Å². The maximum atomic E-state index is 11.8. The van der Waals surface area contributed by atoms with Gasteiger partial charge in [-0.15, -0.1) is 0 Å². The zero-order valence-electron chi connectivity index (χ0n) is 13.3. The highest BCUT2D eigenvalue weighted by Gasteiger charge is 2.26. The number of benzene rings is 1. The lowest BCUT2D eigenvalue weighted by atomic mass is 10.0. The van der Waals surface area contributed by atoms with E-state index in [4.69, 9.17) is 4.74 Å². The Hall–Kier alpha value is -2.04. The molecule has 1 unspecified atom stereocenters. The Labute approximate surface area is 130 Å². The molecule has 1 saturated carbocycles. The average molecular weight is 305 g/mol. The third kappa shape index (κ3) is 5.06. The summed E-state index contributed by atoms with van der Waals surface area (Å²) in [5.41, 5.74) is 1.51. The zero-order chi connectivity index (χ0) is 16.3. The smallest absolute Gasteiger partial charge is 0.408 e. The van der Waals surface area contributed by atoms with Crippen LogP contribution in [0, 0.1) is 0 Å². The minimum Gasteiger partial charge on any atom is -0.480 e. The molecule has 0 spiro atoms. The Kier molecular flexibility index (Phi) is 4.74. The SMILES string of the molecule is CC(C)(C)OC(=O)NC(Cc1cccc(C2CC2)c1)C(=O)O. The molecule has 5 heteroatoms. The first-order chi connectivity index (χ1) is 10.2. The van der Waals surface area contributed by atoms with Crippen molar-refractivity contribution < 1.29 is 19.4 Å². The van der Waals surface area contributed by atoms with E-state index in [9.17, 15) is 14.7 Å². The molecule has 0 bridgehead atoms. The van der Waals surface area contributed by atoms with Crippen LogP contribution in [0.15, 0.2) is 24.3 Å². The van der Waals surface area contributed by atoms with E-state index in [0.29, 0.717) is 5.92 Å². The van der Waals surface area contributed by atoms with Crippen LogP contribution in [0.1, 0.15) is 50.7 Å². The lowest BCUT2D eigenvalue weighted by molar-refractivity contribution is -0.139. The lowest BCUT2D eigenvalue weighted by Crippen LogP contribution is -2.44. The molecule has 5 nitrogen and oxygen atoms in total. The number of nitrogens with one attached hydrogen (secondary N) is 1. The molecule has 120 valence electrons. The van der Waals surface area contributed by atoms with Gasteiger partial charge in [0.2, 0.25) is 0 Å². The van der Waals surface area contributed by atoms with Crippen molar-refractivity contribution in [2.45, 2.75) is 57.6 Å². The van der Waals surface area contributed by atoms with Gasteiger partial charge in [-0.05, 0) is 50.7 Å². The topological polar surface area (TPSA) is 75.6 Å². The Balaban J connectivity index is 2.01. The number of alkyl carbamates (subject to hydrolysis) is 1. The number of hydrogen-bond donors (Lipinski definition) is 2. The summed E-state index contributed by atoms with van der Waals surface area (Å²) in [7, 11) is 0. The van der Waals surface area contributed by atoms with E-state index in [-0.39, 0.29) is 6.42 Å². The van der Waals surface area contributed by atoms with Gasteiger partial charge in [-0.2, -0.15) is 0 Å². The molecule has 1 aromatic rings. The summed E-state index contributed by atoms with van der Waals surface area (Å²) >= 11 is 0. The first kappa shape index (κ1) is 16.3. The van der Waals surface area contributed by atoms with Gasteiger partial charge in [0, 0.05) is 6.42 Å². The van der Waals surface area contributed by atoms with E-state index in [1.807, 2.05) is 18.2 Å². The molecule has 0 saturated heterocycles. The first-order valence-corrected chi connectivity index (χ1v) is 7.56. The molecule has 1 aromatic carbocycles. The van der Waals surface area contributed by atoms with Gasteiger partial charge in [0.1, 0.15) is 11.6 Å². The summed E-state index contributed by atoms with van der Waals surface area (Å²) in [6.07, 6.45) is 1.93. The third-order valence-electron chi connectivity index (χ3n) is 3.43. The Morgan fingerprint density at radius 1 is 1.36 bits per heavy atom. The van der Waals surface area contributed by atoms with Crippen molar-refractivity contribution in [2.24, 2.45) is 0 Å². The second-order valence-electron chi connectivity index (χ2n) is 6.76. The molecular formula is C17H23NO4. The number of hydrogen-bond acceptors (Lipinski definition) is 3. The molecule has 1 aliphatic carbocycles. The number of carboxylic acids is 1. The van der Waals surface area contributed by atoms with Gasteiger partial charge >= 0.3 is 12.1 Å². The molecule has 0 aliphatic heterocycles. The van der Waals surface area contributed by atoms with Crippen LogP contribution in [0.3, 0.4) is 0 Å². The van der Waals surface area contributed by atoms with Crippen molar-refractivity contribution in [1.29, 1.82) is 0 Å². The molecule has 1 atom stereocenters. The van der Waals surface area contributed by atoms with Crippen LogP contribution in [-0.4, -0.2) is 28.8 Å². The fourth-order valence-corrected chi connectivity index (χ4v) is 2.28. The van der Waals surface area contributed by atoms with Crippen LogP contribution < -0.4 is 5.32 Å². The Bertz CT molecular complexity index is 558. The van der Waals surface area contributed by atoms with Gasteiger partial charge in [-0.3, -0.25) is 0 Å². The number of carboxylic acid groups (broad SMARTS) is 1. The van der Waals surface area contributed by atoms with Crippen LogP contribution in [0.25, 0.3) is 0 Å². The fraction of sp³-hybridized carbons (Fsp3) is 0.529. The summed E-state index contributed by atoms with van der Waals surface area (Å²) in [6.45, 7) is 5.21. The summed E-state index contributed by atoms with van der Waals surface area (Å²) in [5, 5.41) is 11.7. The summed E-state index contributed by atoms with van der Waals surface area (Å²) < 4.78 is 5.11. The first-order valence-electron chi connectivity index (χ1n) is 7.56. The highest BCUT2D eigenvalue weighted by atomic mass is 16.6. The van der Waals surface area contributed by atoms with Crippen molar-refractivity contribution >= 4 is 12.1 Å². The summed E-state index contributed by atoms with van der Waals surface area (Å²) in [4.78, 5) is 23.1. The Morgan fingerprint density at radius 2 is 2.05 bits per heavy atom. The Morgan fingerprint density at radius 3 is 2.59 bits per heavy atom. The minimum atomic E-state index is -1.07. The number of carbonyl (C=O) groups excluding carboxylic acids is 1. The van der Waals surface area contributed by atoms with Crippen LogP contribution in [-0.2, 0) is 16.0 Å². The van der Waals surface area contributed by atoms with Crippen LogP contribution in [0.4, 0.5) is 4.79 Å². The van der Waals surface area contributed by atoms with E-state index in [1.165, 1.54) is 18.4 Å².